The Labute approximate surface area is 148 Å². The highest BCUT2D eigenvalue weighted by Gasteiger charge is 2.23. The third-order valence-electron chi connectivity index (χ3n) is 4.88. The van der Waals surface area contributed by atoms with Crippen LogP contribution in [0.4, 0.5) is 0 Å². The zero-order valence-electron chi connectivity index (χ0n) is 14.5. The molecule has 1 amide bonds. The fourth-order valence-electron chi connectivity index (χ4n) is 3.44. The minimum absolute atomic E-state index is 0.0601. The SMILES string of the molecule is Cc1ccc(C(NC(=O)CN(C)C2CCCC2)c2cccs2)cc1. The first kappa shape index (κ1) is 17.2. The van der Waals surface area contributed by atoms with E-state index in [1.165, 1.54) is 36.1 Å². The second kappa shape index (κ2) is 7.95. The third-order valence-corrected chi connectivity index (χ3v) is 5.82. The molecule has 1 aromatic carbocycles. The number of carbonyl (C=O) groups is 1. The molecule has 0 aliphatic heterocycles. The summed E-state index contributed by atoms with van der Waals surface area (Å²) in [5.74, 6) is 0.100. The molecule has 1 aliphatic rings. The van der Waals surface area contributed by atoms with Gasteiger partial charge in [-0.25, -0.2) is 0 Å². The summed E-state index contributed by atoms with van der Waals surface area (Å²) in [7, 11) is 2.07. The first-order valence-corrected chi connectivity index (χ1v) is 9.61. The number of carbonyl (C=O) groups excluding carboxylic acids is 1. The van der Waals surface area contributed by atoms with Crippen LogP contribution in [0.2, 0.25) is 0 Å². The maximum absolute atomic E-state index is 12.6. The van der Waals surface area contributed by atoms with Gasteiger partial charge in [-0.3, -0.25) is 9.69 Å². The van der Waals surface area contributed by atoms with Crippen molar-refractivity contribution in [2.45, 2.75) is 44.7 Å². The summed E-state index contributed by atoms with van der Waals surface area (Å²) < 4.78 is 0. The lowest BCUT2D eigenvalue weighted by Crippen LogP contribution is -2.41. The minimum atomic E-state index is -0.0601. The molecule has 3 rings (SSSR count). The second-order valence-electron chi connectivity index (χ2n) is 6.78. The van der Waals surface area contributed by atoms with Crippen molar-refractivity contribution in [1.29, 1.82) is 0 Å². The maximum Gasteiger partial charge on any atom is 0.234 e. The number of thiophene rings is 1. The predicted molar refractivity (Wildman–Crippen MR) is 100 cm³/mol. The Morgan fingerprint density at radius 2 is 1.96 bits per heavy atom. The molecule has 0 bridgehead atoms. The van der Waals surface area contributed by atoms with E-state index in [-0.39, 0.29) is 11.9 Å². The van der Waals surface area contributed by atoms with Gasteiger partial charge in [-0.15, -0.1) is 11.3 Å². The number of hydrogen-bond acceptors (Lipinski definition) is 3. The summed E-state index contributed by atoms with van der Waals surface area (Å²) in [5, 5.41) is 5.30. The first-order chi connectivity index (χ1) is 11.6. The Kier molecular flexibility index (Phi) is 5.69. The summed E-state index contributed by atoms with van der Waals surface area (Å²) >= 11 is 1.69. The summed E-state index contributed by atoms with van der Waals surface area (Å²) in [4.78, 5) is 16.0. The van der Waals surface area contributed by atoms with Gasteiger partial charge >= 0.3 is 0 Å². The fraction of sp³-hybridized carbons (Fsp3) is 0.450. The number of amides is 1. The lowest BCUT2D eigenvalue weighted by molar-refractivity contribution is -0.122. The van der Waals surface area contributed by atoms with Gasteiger partial charge in [0.15, 0.2) is 0 Å². The molecule has 0 saturated heterocycles. The van der Waals surface area contributed by atoms with Crippen molar-refractivity contribution in [1.82, 2.24) is 10.2 Å². The Bertz CT molecular complexity index is 645. The molecular formula is C20H26N2OS. The van der Waals surface area contributed by atoms with Gasteiger partial charge in [-0.2, -0.15) is 0 Å². The van der Waals surface area contributed by atoms with Gasteiger partial charge in [0.05, 0.1) is 12.6 Å². The van der Waals surface area contributed by atoms with Gasteiger partial charge < -0.3 is 5.32 Å². The predicted octanol–water partition coefficient (Wildman–Crippen LogP) is 4.14. The lowest BCUT2D eigenvalue weighted by Gasteiger charge is -2.25. The van der Waals surface area contributed by atoms with E-state index in [1.807, 2.05) is 6.07 Å². The highest BCUT2D eigenvalue weighted by molar-refractivity contribution is 7.10. The fourth-order valence-corrected chi connectivity index (χ4v) is 4.24. The van der Waals surface area contributed by atoms with Crippen LogP contribution in [0.25, 0.3) is 0 Å². The molecular weight excluding hydrogens is 316 g/mol. The van der Waals surface area contributed by atoms with Crippen LogP contribution in [0, 0.1) is 6.92 Å². The second-order valence-corrected chi connectivity index (χ2v) is 7.76. The summed E-state index contributed by atoms with van der Waals surface area (Å²) in [6, 6.07) is 13.1. The van der Waals surface area contributed by atoms with Gasteiger partial charge in [-0.1, -0.05) is 48.7 Å². The van der Waals surface area contributed by atoms with Crippen molar-refractivity contribution in [2.24, 2.45) is 0 Å². The number of aryl methyl sites for hydroxylation is 1. The molecule has 1 aromatic heterocycles. The molecule has 0 spiro atoms. The Hall–Kier alpha value is -1.65. The molecule has 3 nitrogen and oxygen atoms in total. The topological polar surface area (TPSA) is 32.3 Å². The number of rotatable bonds is 6. The number of likely N-dealkylation sites (N-methyl/N-ethyl adjacent to an activating group) is 1. The van der Waals surface area contributed by atoms with E-state index in [2.05, 4.69) is 59.9 Å². The molecule has 1 heterocycles. The van der Waals surface area contributed by atoms with E-state index < -0.39 is 0 Å². The van der Waals surface area contributed by atoms with Gasteiger partial charge in [0.1, 0.15) is 0 Å². The van der Waals surface area contributed by atoms with Crippen LogP contribution in [-0.4, -0.2) is 30.4 Å². The molecule has 1 fully saturated rings. The zero-order chi connectivity index (χ0) is 16.9. The summed E-state index contributed by atoms with van der Waals surface area (Å²) in [6.45, 7) is 2.55. The van der Waals surface area contributed by atoms with E-state index in [4.69, 9.17) is 0 Å². The molecule has 1 unspecified atom stereocenters. The van der Waals surface area contributed by atoms with Crippen LogP contribution in [0.3, 0.4) is 0 Å². The monoisotopic (exact) mass is 342 g/mol. The summed E-state index contributed by atoms with van der Waals surface area (Å²) in [5.41, 5.74) is 2.37. The van der Waals surface area contributed by atoms with Crippen LogP contribution in [0.1, 0.15) is 47.7 Å². The van der Waals surface area contributed by atoms with Crippen LogP contribution < -0.4 is 5.32 Å². The van der Waals surface area contributed by atoms with Crippen molar-refractivity contribution < 1.29 is 4.79 Å². The number of nitrogens with zero attached hydrogens (tertiary/aromatic N) is 1. The van der Waals surface area contributed by atoms with Crippen LogP contribution >= 0.6 is 11.3 Å². The minimum Gasteiger partial charge on any atom is -0.343 e. The lowest BCUT2D eigenvalue weighted by atomic mass is 10.0. The van der Waals surface area contributed by atoms with Gasteiger partial charge in [0.25, 0.3) is 0 Å². The molecule has 4 heteroatoms. The molecule has 1 saturated carbocycles. The molecule has 128 valence electrons. The third kappa shape index (κ3) is 4.25. The highest BCUT2D eigenvalue weighted by atomic mass is 32.1. The molecule has 2 aromatic rings. The molecule has 1 atom stereocenters. The van der Waals surface area contributed by atoms with E-state index >= 15 is 0 Å². The standard InChI is InChI=1S/C20H26N2OS/c1-15-9-11-16(12-10-15)20(18-8-5-13-24-18)21-19(23)14-22(2)17-6-3-4-7-17/h5,8-13,17,20H,3-4,6-7,14H2,1-2H3,(H,21,23). The Morgan fingerprint density at radius 1 is 1.25 bits per heavy atom. The Morgan fingerprint density at radius 3 is 2.58 bits per heavy atom. The van der Waals surface area contributed by atoms with Gasteiger partial charge in [-0.05, 0) is 43.8 Å². The average Bonchev–Trinajstić information content (AvgIpc) is 3.27. The van der Waals surface area contributed by atoms with Crippen LogP contribution in [0.5, 0.6) is 0 Å². The van der Waals surface area contributed by atoms with Crippen molar-refractivity contribution >= 4 is 17.2 Å². The van der Waals surface area contributed by atoms with Crippen molar-refractivity contribution in [2.75, 3.05) is 13.6 Å². The molecule has 0 radical (unpaired) electrons. The number of nitrogens with one attached hydrogen (secondary N) is 1. The smallest absolute Gasteiger partial charge is 0.234 e. The normalized spacial score (nSPS) is 16.5. The Balaban J connectivity index is 1.69. The van der Waals surface area contributed by atoms with Crippen molar-refractivity contribution in [3.63, 3.8) is 0 Å². The number of benzene rings is 1. The van der Waals surface area contributed by atoms with E-state index in [0.29, 0.717) is 12.6 Å². The first-order valence-electron chi connectivity index (χ1n) is 8.73. The van der Waals surface area contributed by atoms with Crippen LogP contribution in [-0.2, 0) is 4.79 Å². The number of hydrogen-bond donors (Lipinski definition) is 1. The largest absolute Gasteiger partial charge is 0.343 e. The summed E-state index contributed by atoms with van der Waals surface area (Å²) in [6.07, 6.45) is 5.02. The average molecular weight is 343 g/mol. The van der Waals surface area contributed by atoms with Crippen LogP contribution in [0.15, 0.2) is 41.8 Å². The van der Waals surface area contributed by atoms with Crippen molar-refractivity contribution in [3.05, 3.63) is 57.8 Å². The highest BCUT2D eigenvalue weighted by Crippen LogP contribution is 2.27. The molecule has 1 N–H and O–H groups in total. The van der Waals surface area contributed by atoms with E-state index in [0.717, 1.165) is 5.56 Å². The molecule has 24 heavy (non-hydrogen) atoms. The molecule has 1 aliphatic carbocycles. The quantitative estimate of drug-likeness (QED) is 0.856. The van der Waals surface area contributed by atoms with E-state index in [9.17, 15) is 4.79 Å². The van der Waals surface area contributed by atoms with Gasteiger partial charge in [0, 0.05) is 10.9 Å². The van der Waals surface area contributed by atoms with Gasteiger partial charge in [0.2, 0.25) is 5.91 Å². The zero-order valence-corrected chi connectivity index (χ0v) is 15.3. The van der Waals surface area contributed by atoms with E-state index in [1.54, 1.807) is 11.3 Å². The van der Waals surface area contributed by atoms with Crippen molar-refractivity contribution in [3.8, 4) is 0 Å². The maximum atomic E-state index is 12.6.